The van der Waals surface area contributed by atoms with Gasteiger partial charge in [-0.25, -0.2) is 0 Å². The molecular weight excluding hydrogens is 478 g/mol. The molecule has 0 bridgehead atoms. The van der Waals surface area contributed by atoms with Crippen LogP contribution in [0, 0.1) is 0 Å². The first kappa shape index (κ1) is 26.7. The van der Waals surface area contributed by atoms with E-state index in [2.05, 4.69) is 0 Å². The number of fused-ring (bicyclic) bond motifs is 1. The van der Waals surface area contributed by atoms with E-state index < -0.39 is 54.6 Å². The van der Waals surface area contributed by atoms with E-state index in [1.165, 1.54) is 24.6 Å². The molecule has 1 saturated heterocycles. The molecule has 0 radical (unpaired) electrons. The molecule has 1 aromatic heterocycles. The summed E-state index contributed by atoms with van der Waals surface area (Å²) in [5.41, 5.74) is 0.561. The first-order chi connectivity index (χ1) is 17.0. The van der Waals surface area contributed by atoms with Crippen LogP contribution in [0.15, 0.2) is 30.5 Å². The van der Waals surface area contributed by atoms with E-state index in [1.54, 1.807) is 24.3 Å². The monoisotopic (exact) mass is 505 g/mol. The number of carbonyl (C=O) groups is 5. The molecule has 12 heteroatoms. The average Bonchev–Trinajstić information content (AvgIpc) is 3.14. The molecule has 2 heterocycles. The van der Waals surface area contributed by atoms with Gasteiger partial charge in [-0.05, 0) is 12.1 Å². The van der Waals surface area contributed by atoms with Crippen LogP contribution in [0.3, 0.4) is 0 Å². The predicted octanol–water partition coefficient (Wildman–Crippen LogP) is 1.76. The third-order valence-corrected chi connectivity index (χ3v) is 5.21. The van der Waals surface area contributed by atoms with E-state index in [1.807, 2.05) is 0 Å². The summed E-state index contributed by atoms with van der Waals surface area (Å²) < 4.78 is 34.6. The number of rotatable bonds is 7. The maximum Gasteiger partial charge on any atom is 0.303 e. The molecule has 0 saturated carbocycles. The van der Waals surface area contributed by atoms with Crippen molar-refractivity contribution in [3.8, 4) is 5.75 Å². The van der Waals surface area contributed by atoms with Gasteiger partial charge in [0.15, 0.2) is 12.2 Å². The second-order valence-electron chi connectivity index (χ2n) is 8.09. The average molecular weight is 505 g/mol. The Labute approximate surface area is 206 Å². The summed E-state index contributed by atoms with van der Waals surface area (Å²) in [6, 6.07) is 6.93. The van der Waals surface area contributed by atoms with Crippen LogP contribution in [0.2, 0.25) is 0 Å². The van der Waals surface area contributed by atoms with Crippen molar-refractivity contribution < 1.29 is 52.4 Å². The molecule has 1 aliphatic heterocycles. The van der Waals surface area contributed by atoms with Gasteiger partial charge in [-0.1, -0.05) is 12.1 Å². The van der Waals surface area contributed by atoms with Crippen LogP contribution >= 0.6 is 0 Å². The quantitative estimate of drug-likeness (QED) is 0.401. The Bertz CT molecular complexity index is 1170. The summed E-state index contributed by atoms with van der Waals surface area (Å²) in [7, 11) is 0. The molecule has 0 aliphatic carbocycles. The van der Waals surface area contributed by atoms with Crippen molar-refractivity contribution >= 4 is 40.7 Å². The number of para-hydroxylation sites is 1. The topological polar surface area (TPSA) is 146 Å². The maximum absolute atomic E-state index is 12.1. The Kier molecular flexibility index (Phi) is 8.30. The van der Waals surface area contributed by atoms with Gasteiger partial charge >= 0.3 is 23.9 Å². The Morgan fingerprint density at radius 3 is 1.97 bits per heavy atom. The number of nitrogens with zero attached hydrogens (tertiary/aromatic N) is 1. The van der Waals surface area contributed by atoms with E-state index >= 15 is 0 Å². The highest BCUT2D eigenvalue weighted by molar-refractivity contribution is 5.95. The van der Waals surface area contributed by atoms with Gasteiger partial charge in [0.1, 0.15) is 18.5 Å². The fourth-order valence-electron chi connectivity index (χ4n) is 3.91. The normalized spacial score (nSPS) is 23.4. The van der Waals surface area contributed by atoms with Gasteiger partial charge in [0.2, 0.25) is 18.3 Å². The van der Waals surface area contributed by atoms with Gasteiger partial charge in [0, 0.05) is 40.0 Å². The Morgan fingerprint density at radius 2 is 1.39 bits per heavy atom. The minimum absolute atomic E-state index is 0.210. The summed E-state index contributed by atoms with van der Waals surface area (Å²) in [4.78, 5) is 59.4. The van der Waals surface area contributed by atoms with Gasteiger partial charge < -0.3 is 28.4 Å². The summed E-state index contributed by atoms with van der Waals surface area (Å²) in [6.07, 6.45) is -5.16. The van der Waals surface area contributed by atoms with Gasteiger partial charge in [-0.3, -0.25) is 28.5 Å². The lowest BCUT2D eigenvalue weighted by Gasteiger charge is -2.43. The number of benzene rings is 1. The molecular formula is C24H27NO11. The van der Waals surface area contributed by atoms with Crippen LogP contribution in [0.25, 0.3) is 10.9 Å². The Hall–Kier alpha value is -3.93. The van der Waals surface area contributed by atoms with Crippen molar-refractivity contribution in [3.05, 3.63) is 30.5 Å². The molecule has 0 spiro atoms. The van der Waals surface area contributed by atoms with Gasteiger partial charge in [-0.2, -0.15) is 0 Å². The second kappa shape index (κ2) is 11.2. The Balaban J connectivity index is 2.07. The fraction of sp³-hybridized carbons (Fsp3) is 0.458. The van der Waals surface area contributed by atoms with Gasteiger partial charge in [0.05, 0.1) is 11.7 Å². The number of esters is 4. The molecule has 5 atom stereocenters. The Morgan fingerprint density at radius 1 is 0.806 bits per heavy atom. The van der Waals surface area contributed by atoms with Crippen molar-refractivity contribution in [1.82, 2.24) is 4.57 Å². The van der Waals surface area contributed by atoms with Crippen molar-refractivity contribution in [3.63, 3.8) is 0 Å². The highest BCUT2D eigenvalue weighted by atomic mass is 16.7. The zero-order valence-corrected chi connectivity index (χ0v) is 20.4. The van der Waals surface area contributed by atoms with E-state index in [9.17, 15) is 24.0 Å². The van der Waals surface area contributed by atoms with Gasteiger partial charge in [-0.15, -0.1) is 0 Å². The van der Waals surface area contributed by atoms with E-state index in [-0.39, 0.29) is 18.3 Å². The first-order valence-corrected chi connectivity index (χ1v) is 11.1. The molecule has 194 valence electrons. The smallest absolute Gasteiger partial charge is 0.303 e. The summed E-state index contributed by atoms with van der Waals surface area (Å²) in [5.74, 6) is -2.94. The molecule has 0 unspecified atom stereocenters. The number of carbonyl (C=O) groups excluding carboxylic acids is 5. The third-order valence-electron chi connectivity index (χ3n) is 5.21. The molecule has 0 amide bonds. The lowest BCUT2D eigenvalue weighted by Crippen LogP contribution is -2.63. The first-order valence-electron chi connectivity index (χ1n) is 11.1. The molecule has 1 fully saturated rings. The maximum atomic E-state index is 12.1. The number of ether oxygens (including phenoxy) is 6. The van der Waals surface area contributed by atoms with Crippen molar-refractivity contribution in [2.24, 2.45) is 0 Å². The molecule has 0 N–H and O–H groups in total. The standard InChI is InChI=1S/C24H27NO11/c1-12(26)25-10-19(17-8-6-7-9-18(17)25)35-24-23(34-16(5)30)22(33-15(4)29)21(32-14(3)28)20(36-24)11-31-13(2)27/h6-10,20-24H,11H2,1-5H3/t20-,21+,22-,23+,24-/m0/s1. The molecule has 1 aromatic carbocycles. The van der Waals surface area contributed by atoms with Crippen LogP contribution in [0.4, 0.5) is 0 Å². The van der Waals surface area contributed by atoms with Crippen LogP contribution in [0.5, 0.6) is 5.75 Å². The van der Waals surface area contributed by atoms with Crippen molar-refractivity contribution in [1.29, 1.82) is 0 Å². The summed E-state index contributed by atoms with van der Waals surface area (Å²) >= 11 is 0. The van der Waals surface area contributed by atoms with Crippen LogP contribution < -0.4 is 4.74 Å². The van der Waals surface area contributed by atoms with Crippen molar-refractivity contribution in [2.45, 2.75) is 65.3 Å². The predicted molar refractivity (Wildman–Crippen MR) is 121 cm³/mol. The minimum atomic E-state index is -1.41. The second-order valence-corrected chi connectivity index (χ2v) is 8.09. The number of hydrogen-bond donors (Lipinski definition) is 0. The lowest BCUT2D eigenvalue weighted by atomic mass is 9.98. The zero-order chi connectivity index (χ0) is 26.6. The third kappa shape index (κ3) is 6.19. The molecule has 12 nitrogen and oxygen atoms in total. The van der Waals surface area contributed by atoms with Crippen LogP contribution in [-0.2, 0) is 42.9 Å². The molecule has 3 rings (SSSR count). The van der Waals surface area contributed by atoms with Crippen molar-refractivity contribution in [2.75, 3.05) is 6.61 Å². The van der Waals surface area contributed by atoms with Crippen LogP contribution in [0.1, 0.15) is 39.4 Å². The lowest BCUT2D eigenvalue weighted by molar-refractivity contribution is -0.288. The fourth-order valence-corrected chi connectivity index (χ4v) is 3.91. The summed E-state index contributed by atoms with van der Waals surface area (Å²) in [5, 5.41) is 0.556. The largest absolute Gasteiger partial charge is 0.463 e. The van der Waals surface area contributed by atoms with E-state index in [0.29, 0.717) is 10.9 Å². The van der Waals surface area contributed by atoms with Crippen LogP contribution in [-0.4, -0.2) is 71.7 Å². The van der Waals surface area contributed by atoms with E-state index in [0.717, 1.165) is 20.8 Å². The minimum Gasteiger partial charge on any atom is -0.463 e. The molecule has 36 heavy (non-hydrogen) atoms. The highest BCUT2D eigenvalue weighted by Crippen LogP contribution is 2.34. The summed E-state index contributed by atoms with van der Waals surface area (Å²) in [6.45, 7) is 5.57. The zero-order valence-electron chi connectivity index (χ0n) is 20.4. The number of aromatic nitrogens is 1. The molecule has 1 aliphatic rings. The number of hydrogen-bond acceptors (Lipinski definition) is 11. The SMILES string of the molecule is CC(=O)OC[C@@H]1O[C@H](Oc2cn(C(C)=O)c3ccccc23)[C@H](OC(C)=O)[C@@H](OC(C)=O)[C@@H]1OC(C)=O. The highest BCUT2D eigenvalue weighted by Gasteiger charge is 2.53. The van der Waals surface area contributed by atoms with E-state index in [4.69, 9.17) is 28.4 Å². The molecule has 2 aromatic rings. The van der Waals surface area contributed by atoms with Gasteiger partial charge in [0.25, 0.3) is 0 Å².